The first-order valence-corrected chi connectivity index (χ1v) is 10.2. The molecular formula is C21H20N2O4S2. The zero-order valence-electron chi connectivity index (χ0n) is 16.0. The number of rotatable bonds is 7. The van der Waals surface area contributed by atoms with Crippen molar-refractivity contribution < 1.29 is 19.1 Å². The average molecular weight is 429 g/mol. The van der Waals surface area contributed by atoms with E-state index in [1.807, 2.05) is 43.3 Å². The van der Waals surface area contributed by atoms with Crippen molar-refractivity contribution in [1.29, 1.82) is 0 Å². The molecule has 1 aliphatic rings. The molecule has 0 aliphatic carbocycles. The third-order valence-corrected chi connectivity index (χ3v) is 5.33. The number of thiocarbonyl (C=S) groups is 1. The lowest BCUT2D eigenvalue weighted by molar-refractivity contribution is -0.132. The number of amides is 2. The fraction of sp³-hybridized carbons (Fsp3) is 0.190. The van der Waals surface area contributed by atoms with Crippen molar-refractivity contribution in [2.24, 2.45) is 0 Å². The Morgan fingerprint density at radius 3 is 2.66 bits per heavy atom. The van der Waals surface area contributed by atoms with Crippen LogP contribution in [0.3, 0.4) is 0 Å². The SMILES string of the molecule is CCOc1ccc(C=C2SC(=S)N(NC(=O)Cc3ccccc3)C2=O)cc1OC. The van der Waals surface area contributed by atoms with Crippen LogP contribution in [-0.2, 0) is 16.0 Å². The van der Waals surface area contributed by atoms with Crippen LogP contribution in [0.15, 0.2) is 53.4 Å². The third-order valence-electron chi connectivity index (χ3n) is 4.02. The van der Waals surface area contributed by atoms with Crippen molar-refractivity contribution in [2.45, 2.75) is 13.3 Å². The van der Waals surface area contributed by atoms with Gasteiger partial charge in [-0.05, 0) is 48.5 Å². The van der Waals surface area contributed by atoms with Gasteiger partial charge in [-0.2, -0.15) is 5.01 Å². The van der Waals surface area contributed by atoms with E-state index in [1.165, 1.54) is 0 Å². The lowest BCUT2D eigenvalue weighted by atomic mass is 10.1. The van der Waals surface area contributed by atoms with Crippen molar-refractivity contribution in [2.75, 3.05) is 13.7 Å². The minimum absolute atomic E-state index is 0.160. The molecule has 150 valence electrons. The number of hydrazine groups is 1. The Balaban J connectivity index is 1.72. The molecule has 1 heterocycles. The summed E-state index contributed by atoms with van der Waals surface area (Å²) in [4.78, 5) is 25.4. The normalized spacial score (nSPS) is 15.0. The van der Waals surface area contributed by atoms with Crippen LogP contribution in [0.2, 0.25) is 0 Å². The molecule has 1 N–H and O–H groups in total. The van der Waals surface area contributed by atoms with E-state index in [2.05, 4.69) is 5.43 Å². The smallest absolute Gasteiger partial charge is 0.285 e. The predicted octanol–water partition coefficient (Wildman–Crippen LogP) is 3.57. The van der Waals surface area contributed by atoms with Crippen LogP contribution >= 0.6 is 24.0 Å². The van der Waals surface area contributed by atoms with Gasteiger partial charge in [0.15, 0.2) is 15.8 Å². The first-order valence-electron chi connectivity index (χ1n) is 8.94. The second-order valence-electron chi connectivity index (χ2n) is 6.06. The Bertz CT molecular complexity index is 960. The molecule has 3 rings (SSSR count). The molecular weight excluding hydrogens is 408 g/mol. The van der Waals surface area contributed by atoms with Crippen molar-refractivity contribution in [3.63, 3.8) is 0 Å². The van der Waals surface area contributed by atoms with Gasteiger partial charge in [0.25, 0.3) is 5.91 Å². The molecule has 0 bridgehead atoms. The summed E-state index contributed by atoms with van der Waals surface area (Å²) in [6.45, 7) is 2.42. The second-order valence-corrected chi connectivity index (χ2v) is 7.73. The van der Waals surface area contributed by atoms with Crippen LogP contribution in [0.4, 0.5) is 0 Å². The summed E-state index contributed by atoms with van der Waals surface area (Å²) in [6.07, 6.45) is 1.87. The maximum Gasteiger partial charge on any atom is 0.285 e. The maximum atomic E-state index is 12.7. The van der Waals surface area contributed by atoms with E-state index < -0.39 is 0 Å². The number of carbonyl (C=O) groups excluding carboxylic acids is 2. The van der Waals surface area contributed by atoms with Crippen molar-refractivity contribution in [3.05, 3.63) is 64.6 Å². The van der Waals surface area contributed by atoms with Gasteiger partial charge < -0.3 is 9.47 Å². The fourth-order valence-electron chi connectivity index (χ4n) is 2.71. The molecule has 0 radical (unpaired) electrons. The van der Waals surface area contributed by atoms with E-state index in [-0.39, 0.29) is 22.6 Å². The van der Waals surface area contributed by atoms with E-state index in [4.69, 9.17) is 21.7 Å². The first-order chi connectivity index (χ1) is 14.0. The fourth-order valence-corrected chi connectivity index (χ4v) is 3.89. The molecule has 1 aliphatic heterocycles. The molecule has 29 heavy (non-hydrogen) atoms. The molecule has 8 heteroatoms. The van der Waals surface area contributed by atoms with Crippen LogP contribution in [0.1, 0.15) is 18.1 Å². The van der Waals surface area contributed by atoms with Crippen molar-refractivity contribution >= 4 is 46.2 Å². The van der Waals surface area contributed by atoms with Crippen molar-refractivity contribution in [1.82, 2.24) is 10.4 Å². The Labute approximate surface area is 178 Å². The van der Waals surface area contributed by atoms with E-state index in [0.717, 1.165) is 27.9 Å². The van der Waals surface area contributed by atoms with Crippen LogP contribution < -0.4 is 14.9 Å². The number of hydrogen-bond acceptors (Lipinski definition) is 6. The van der Waals surface area contributed by atoms with Crippen LogP contribution in [0.25, 0.3) is 6.08 Å². The standard InChI is InChI=1S/C21H20N2O4S2/c1-3-27-16-10-9-15(11-17(16)26-2)12-18-20(25)23(21(28)29-18)22-19(24)13-14-7-5-4-6-8-14/h4-12H,3,13H2,1-2H3,(H,22,24). The number of nitrogens with zero attached hydrogens (tertiary/aromatic N) is 1. The number of benzene rings is 2. The van der Waals surface area contributed by atoms with Crippen LogP contribution in [0, 0.1) is 0 Å². The quantitative estimate of drug-likeness (QED) is 0.537. The topological polar surface area (TPSA) is 67.9 Å². The molecule has 0 unspecified atom stereocenters. The van der Waals surface area contributed by atoms with Crippen LogP contribution in [-0.4, -0.2) is 34.9 Å². The zero-order chi connectivity index (χ0) is 20.8. The third kappa shape index (κ3) is 5.16. The van der Waals surface area contributed by atoms with Gasteiger partial charge in [-0.15, -0.1) is 0 Å². The van der Waals surface area contributed by atoms with Gasteiger partial charge in [0.1, 0.15) is 0 Å². The summed E-state index contributed by atoms with van der Waals surface area (Å²) in [7, 11) is 1.56. The van der Waals surface area contributed by atoms with Crippen molar-refractivity contribution in [3.8, 4) is 11.5 Å². The molecule has 0 atom stereocenters. The predicted molar refractivity (Wildman–Crippen MR) is 117 cm³/mol. The Morgan fingerprint density at radius 1 is 1.21 bits per heavy atom. The zero-order valence-corrected chi connectivity index (χ0v) is 17.6. The minimum atomic E-state index is -0.366. The molecule has 1 saturated heterocycles. The minimum Gasteiger partial charge on any atom is -0.493 e. The summed E-state index contributed by atoms with van der Waals surface area (Å²) >= 11 is 6.40. The molecule has 0 saturated carbocycles. The number of nitrogens with one attached hydrogen (secondary N) is 1. The van der Waals surface area contributed by atoms with E-state index >= 15 is 0 Å². The van der Waals surface area contributed by atoms with Crippen LogP contribution in [0.5, 0.6) is 11.5 Å². The van der Waals surface area contributed by atoms with Gasteiger partial charge in [-0.3, -0.25) is 15.0 Å². The molecule has 2 aromatic rings. The highest BCUT2D eigenvalue weighted by Crippen LogP contribution is 2.34. The summed E-state index contributed by atoms with van der Waals surface area (Å²) in [6, 6.07) is 14.7. The highest BCUT2D eigenvalue weighted by Gasteiger charge is 2.33. The number of ether oxygens (including phenoxy) is 2. The van der Waals surface area contributed by atoms with Gasteiger partial charge in [0, 0.05) is 0 Å². The Morgan fingerprint density at radius 2 is 1.97 bits per heavy atom. The van der Waals surface area contributed by atoms with Gasteiger partial charge in [-0.1, -0.05) is 48.2 Å². The average Bonchev–Trinajstić information content (AvgIpc) is 2.97. The lowest BCUT2D eigenvalue weighted by Gasteiger charge is -2.15. The number of carbonyl (C=O) groups is 2. The Kier molecular flexibility index (Phi) is 6.90. The van der Waals surface area contributed by atoms with Gasteiger partial charge >= 0.3 is 0 Å². The van der Waals surface area contributed by atoms with Gasteiger partial charge in [0.2, 0.25) is 5.91 Å². The molecule has 0 spiro atoms. The van der Waals surface area contributed by atoms with E-state index in [1.54, 1.807) is 25.3 Å². The Hall–Kier alpha value is -2.84. The number of hydrogen-bond donors (Lipinski definition) is 1. The lowest BCUT2D eigenvalue weighted by Crippen LogP contribution is -2.45. The number of thioether (sulfide) groups is 1. The summed E-state index contributed by atoms with van der Waals surface area (Å²) in [5.41, 5.74) is 4.21. The highest BCUT2D eigenvalue weighted by atomic mass is 32.2. The molecule has 2 aromatic carbocycles. The largest absolute Gasteiger partial charge is 0.493 e. The maximum absolute atomic E-state index is 12.7. The molecule has 0 aromatic heterocycles. The first kappa shape index (κ1) is 20.9. The van der Waals surface area contributed by atoms with E-state index in [9.17, 15) is 9.59 Å². The summed E-state index contributed by atoms with van der Waals surface area (Å²) in [5.74, 6) is 0.533. The molecule has 1 fully saturated rings. The monoisotopic (exact) mass is 428 g/mol. The van der Waals surface area contributed by atoms with Gasteiger partial charge in [0.05, 0.1) is 25.0 Å². The highest BCUT2D eigenvalue weighted by molar-refractivity contribution is 8.26. The molecule has 6 nitrogen and oxygen atoms in total. The van der Waals surface area contributed by atoms with Gasteiger partial charge in [-0.25, -0.2) is 0 Å². The summed E-state index contributed by atoms with van der Waals surface area (Å²) < 4.78 is 11.1. The number of methoxy groups -OCH3 is 1. The summed E-state index contributed by atoms with van der Waals surface area (Å²) in [5, 5.41) is 1.11. The molecule has 2 amide bonds. The second kappa shape index (κ2) is 9.58. The van der Waals surface area contributed by atoms with E-state index in [0.29, 0.717) is 23.0 Å².